The molecule has 3 aromatic rings. The van der Waals surface area contributed by atoms with E-state index in [2.05, 4.69) is 0 Å². The number of rotatable bonds is 4. The van der Waals surface area contributed by atoms with Crippen molar-refractivity contribution in [2.24, 2.45) is 17.8 Å². The van der Waals surface area contributed by atoms with E-state index in [-0.39, 0.29) is 46.3 Å². The second kappa shape index (κ2) is 10.5. The van der Waals surface area contributed by atoms with Gasteiger partial charge in [-0.3, -0.25) is 28.9 Å². The fourth-order valence-electron chi connectivity index (χ4n) is 7.60. The van der Waals surface area contributed by atoms with Crippen LogP contribution in [0.2, 0.25) is 5.02 Å². The summed E-state index contributed by atoms with van der Waals surface area (Å²) in [5.41, 5.74) is 1.35. The number of carbonyl (C=O) groups is 5. The van der Waals surface area contributed by atoms with E-state index in [4.69, 9.17) is 34.8 Å². The van der Waals surface area contributed by atoms with Gasteiger partial charge in [0.25, 0.3) is 11.8 Å². The second-order valence-electron chi connectivity index (χ2n) is 12.1. The van der Waals surface area contributed by atoms with Crippen LogP contribution in [-0.4, -0.2) is 44.3 Å². The summed E-state index contributed by atoms with van der Waals surface area (Å²) in [5.74, 6) is -7.60. The largest absolute Gasteiger partial charge is 0.508 e. The van der Waals surface area contributed by atoms with Gasteiger partial charge in [-0.25, -0.2) is 9.29 Å². The Balaban J connectivity index is 1.38. The summed E-state index contributed by atoms with van der Waals surface area (Å²) in [5, 5.41) is 11.3. The highest BCUT2D eigenvalue weighted by atomic mass is 35.5. The van der Waals surface area contributed by atoms with E-state index < -0.39 is 62.9 Å². The Morgan fingerprint density at radius 1 is 0.870 bits per heavy atom. The van der Waals surface area contributed by atoms with E-state index in [9.17, 15) is 33.5 Å². The number of nitrogens with zero attached hydrogens (tertiary/aromatic N) is 2. The molecule has 46 heavy (non-hydrogen) atoms. The van der Waals surface area contributed by atoms with Gasteiger partial charge in [0.05, 0.1) is 23.2 Å². The number of anilines is 2. The minimum atomic E-state index is -2.20. The molecule has 7 rings (SSSR count). The lowest BCUT2D eigenvalue weighted by atomic mass is 9.56. The van der Waals surface area contributed by atoms with Gasteiger partial charge in [0.1, 0.15) is 11.6 Å². The van der Waals surface area contributed by atoms with Gasteiger partial charge in [-0.05, 0) is 92.4 Å². The smallest absolute Gasteiger partial charge is 0.258 e. The summed E-state index contributed by atoms with van der Waals surface area (Å²) >= 11 is 21.0. The Morgan fingerprint density at radius 3 is 2.15 bits per heavy atom. The molecule has 4 amide bonds. The number of allylic oxidation sites excluding steroid dienone is 2. The number of alkyl halides is 2. The fourth-order valence-corrected chi connectivity index (χ4v) is 8.71. The predicted molar refractivity (Wildman–Crippen MR) is 169 cm³/mol. The lowest BCUT2D eigenvalue weighted by molar-refractivity contribution is -0.125. The predicted octanol–water partition coefficient (Wildman–Crippen LogP) is 6.16. The van der Waals surface area contributed by atoms with Crippen LogP contribution in [-0.2, 0) is 19.2 Å². The first-order valence-corrected chi connectivity index (χ1v) is 15.6. The van der Waals surface area contributed by atoms with E-state index in [0.717, 1.165) is 21.9 Å². The van der Waals surface area contributed by atoms with Crippen molar-refractivity contribution in [2.45, 2.75) is 35.4 Å². The lowest BCUT2D eigenvalue weighted by Crippen LogP contribution is -2.60. The van der Waals surface area contributed by atoms with Gasteiger partial charge in [0.15, 0.2) is 15.5 Å². The molecule has 12 heteroatoms. The van der Waals surface area contributed by atoms with E-state index in [1.165, 1.54) is 61.5 Å². The SMILES string of the molecule is CC(=O)c1ccc(N2C(=O)[C@H]3[C@H](CC=C4[C@H]3C[C@@]3(Cl)C(=O)N(c5ccc(F)cc5)C(=O)[C@@]3(Cl)[C@H]4c3cc(Cl)ccc3O)C2=O)cc1. The molecule has 0 unspecified atom stereocenters. The molecule has 2 heterocycles. The molecule has 0 radical (unpaired) electrons. The molecule has 3 aromatic carbocycles. The summed E-state index contributed by atoms with van der Waals surface area (Å²) in [6, 6.07) is 15.0. The highest BCUT2D eigenvalue weighted by molar-refractivity contribution is 6.58. The molecular formula is C34H24Cl3FN2O6. The molecule has 2 aliphatic carbocycles. The molecule has 2 aliphatic heterocycles. The molecule has 0 spiro atoms. The van der Waals surface area contributed by atoms with Crippen LogP contribution in [0.15, 0.2) is 78.4 Å². The third-order valence-corrected chi connectivity index (χ3v) is 11.4. The maximum Gasteiger partial charge on any atom is 0.258 e. The van der Waals surface area contributed by atoms with E-state index in [0.29, 0.717) is 11.1 Å². The van der Waals surface area contributed by atoms with Crippen molar-refractivity contribution in [1.82, 2.24) is 0 Å². The van der Waals surface area contributed by atoms with Crippen LogP contribution in [0.4, 0.5) is 15.8 Å². The highest BCUT2D eigenvalue weighted by Crippen LogP contribution is 2.66. The number of phenols is 1. The van der Waals surface area contributed by atoms with Gasteiger partial charge in [0.2, 0.25) is 11.8 Å². The highest BCUT2D eigenvalue weighted by Gasteiger charge is 2.77. The first-order chi connectivity index (χ1) is 21.8. The number of carbonyl (C=O) groups excluding carboxylic acids is 5. The van der Waals surface area contributed by atoms with Crippen molar-refractivity contribution in [2.75, 3.05) is 9.80 Å². The molecule has 1 saturated carbocycles. The molecule has 234 valence electrons. The molecule has 0 aromatic heterocycles. The number of aromatic hydroxyl groups is 1. The standard InChI is InChI=1S/C34H24Cl3FN2O6/c1-16(41)17-2-7-20(8-3-17)39-29(43)23-12-11-22-25(27(23)30(39)44)15-33(36)31(45)40(21-9-5-19(38)6-10-21)32(46)34(33,37)28(22)24-14-18(35)4-13-26(24)42/h2-11,13-14,23,25,27-28,42H,12,15H2,1H3/t23-,25+,27-,28+,33+,34-/m0/s1. The zero-order valence-electron chi connectivity index (χ0n) is 24.0. The maximum atomic E-state index is 14.4. The van der Waals surface area contributed by atoms with Crippen LogP contribution in [0.5, 0.6) is 5.75 Å². The van der Waals surface area contributed by atoms with Crippen LogP contribution >= 0.6 is 34.8 Å². The number of hydrogen-bond donors (Lipinski definition) is 1. The third kappa shape index (κ3) is 4.08. The van der Waals surface area contributed by atoms with Gasteiger partial charge in [-0.2, -0.15) is 0 Å². The van der Waals surface area contributed by atoms with Gasteiger partial charge in [-0.1, -0.05) is 23.3 Å². The average molecular weight is 682 g/mol. The van der Waals surface area contributed by atoms with Crippen molar-refractivity contribution in [3.63, 3.8) is 0 Å². The van der Waals surface area contributed by atoms with Crippen molar-refractivity contribution in [3.8, 4) is 5.75 Å². The topological polar surface area (TPSA) is 112 Å². The zero-order valence-corrected chi connectivity index (χ0v) is 26.3. The molecular weight excluding hydrogens is 658 g/mol. The second-order valence-corrected chi connectivity index (χ2v) is 13.7. The minimum absolute atomic E-state index is 0.0436. The Hall–Kier alpha value is -4.05. The van der Waals surface area contributed by atoms with Gasteiger partial charge < -0.3 is 5.11 Å². The number of imide groups is 2. The summed E-state index contributed by atoms with van der Waals surface area (Å²) < 4.78 is 13.8. The number of Topliss-reactive ketones (excluding diaryl/α,β-unsaturated/α-hetero) is 1. The molecule has 4 aliphatic rings. The van der Waals surface area contributed by atoms with E-state index >= 15 is 0 Å². The molecule has 1 N–H and O–H groups in total. The molecule has 0 bridgehead atoms. The van der Waals surface area contributed by atoms with E-state index in [1.54, 1.807) is 6.08 Å². The van der Waals surface area contributed by atoms with E-state index in [1.807, 2.05) is 0 Å². The van der Waals surface area contributed by atoms with Crippen molar-refractivity contribution >= 4 is 75.6 Å². The van der Waals surface area contributed by atoms with Crippen LogP contribution in [0, 0.1) is 23.6 Å². The van der Waals surface area contributed by atoms with Crippen LogP contribution < -0.4 is 9.80 Å². The minimum Gasteiger partial charge on any atom is -0.508 e. The molecule has 3 fully saturated rings. The Kier molecular flexibility index (Phi) is 6.97. The third-order valence-electron chi connectivity index (χ3n) is 9.73. The molecule has 8 nitrogen and oxygen atoms in total. The first-order valence-electron chi connectivity index (χ1n) is 14.5. The van der Waals surface area contributed by atoms with Crippen molar-refractivity contribution in [3.05, 3.63) is 100 Å². The number of fused-ring (bicyclic) bond motifs is 4. The quantitative estimate of drug-likeness (QED) is 0.153. The van der Waals surface area contributed by atoms with Crippen molar-refractivity contribution in [1.29, 1.82) is 0 Å². The van der Waals surface area contributed by atoms with Gasteiger partial charge >= 0.3 is 0 Å². The number of hydrogen-bond acceptors (Lipinski definition) is 6. The lowest BCUT2D eigenvalue weighted by Gasteiger charge is -2.50. The Bertz CT molecular complexity index is 1910. The average Bonchev–Trinajstić information content (AvgIpc) is 3.37. The summed E-state index contributed by atoms with van der Waals surface area (Å²) in [4.78, 5) is 66.0. The Labute approximate surface area is 277 Å². The number of halogens is 4. The van der Waals surface area contributed by atoms with Crippen LogP contribution in [0.25, 0.3) is 0 Å². The molecule has 6 atom stereocenters. The normalized spacial score (nSPS) is 30.2. The first kappa shape index (κ1) is 30.6. The number of phenolic OH excluding ortho intramolecular Hbond substituents is 1. The van der Waals surface area contributed by atoms with Gasteiger partial charge in [0, 0.05) is 22.1 Å². The summed E-state index contributed by atoms with van der Waals surface area (Å²) in [7, 11) is 0. The maximum absolute atomic E-state index is 14.4. The van der Waals surface area contributed by atoms with Gasteiger partial charge in [-0.15, -0.1) is 23.2 Å². The number of ketones is 1. The Morgan fingerprint density at radius 2 is 1.50 bits per heavy atom. The fraction of sp³-hybridized carbons (Fsp3) is 0.265. The number of amides is 4. The van der Waals surface area contributed by atoms with Crippen molar-refractivity contribution < 1.29 is 33.5 Å². The summed E-state index contributed by atoms with van der Waals surface area (Å²) in [6.45, 7) is 1.41. The summed E-state index contributed by atoms with van der Waals surface area (Å²) in [6.07, 6.45) is 1.58. The monoisotopic (exact) mass is 680 g/mol. The zero-order chi connectivity index (χ0) is 32.9. The molecule has 2 saturated heterocycles. The number of benzene rings is 3. The van der Waals surface area contributed by atoms with Crippen LogP contribution in [0.1, 0.15) is 41.6 Å². The van der Waals surface area contributed by atoms with Crippen LogP contribution in [0.3, 0.4) is 0 Å².